The van der Waals surface area contributed by atoms with Crippen LogP contribution >= 0.6 is 0 Å². The number of hydrogen-bond donors (Lipinski definition) is 2. The van der Waals surface area contributed by atoms with Crippen molar-refractivity contribution in [3.8, 4) is 17.2 Å². The zero-order valence-corrected chi connectivity index (χ0v) is 17.8. The largest absolute Gasteiger partial charge is 0.497 e. The van der Waals surface area contributed by atoms with E-state index < -0.39 is 6.10 Å². The number of aliphatic hydroxyl groups excluding tert-OH is 1. The van der Waals surface area contributed by atoms with Crippen molar-refractivity contribution in [2.24, 2.45) is 0 Å². The summed E-state index contributed by atoms with van der Waals surface area (Å²) < 4.78 is 16.1. The number of hydrogen-bond acceptors (Lipinski definition) is 6. The molecule has 0 saturated heterocycles. The molecule has 2 aromatic carbocycles. The molecule has 1 amide bonds. The van der Waals surface area contributed by atoms with Gasteiger partial charge < -0.3 is 24.6 Å². The number of aliphatic hydroxyl groups is 1. The van der Waals surface area contributed by atoms with Crippen LogP contribution < -0.4 is 19.5 Å². The van der Waals surface area contributed by atoms with E-state index in [9.17, 15) is 14.7 Å². The van der Waals surface area contributed by atoms with Crippen LogP contribution in [0, 0.1) is 0 Å². The number of rotatable bonds is 11. The van der Waals surface area contributed by atoms with Gasteiger partial charge in [0.2, 0.25) is 5.91 Å². The molecule has 1 heterocycles. The summed E-state index contributed by atoms with van der Waals surface area (Å²) in [6, 6.07) is 12.4. The average molecular weight is 427 g/mol. The van der Waals surface area contributed by atoms with Crippen LogP contribution in [0.3, 0.4) is 0 Å². The van der Waals surface area contributed by atoms with Gasteiger partial charge in [0, 0.05) is 24.9 Å². The average Bonchev–Trinajstić information content (AvgIpc) is 2.81. The highest BCUT2D eigenvalue weighted by atomic mass is 16.6. The Morgan fingerprint density at radius 2 is 1.71 bits per heavy atom. The number of nitrogens with one attached hydrogen (secondary N) is 1. The molecule has 0 saturated carbocycles. The van der Waals surface area contributed by atoms with Gasteiger partial charge in [-0.25, -0.2) is 0 Å². The van der Waals surface area contributed by atoms with E-state index in [0.29, 0.717) is 55.1 Å². The Morgan fingerprint density at radius 3 is 2.45 bits per heavy atom. The summed E-state index contributed by atoms with van der Waals surface area (Å²) in [5.41, 5.74) is 1.34. The second-order valence-electron chi connectivity index (χ2n) is 7.44. The molecule has 0 aromatic heterocycles. The summed E-state index contributed by atoms with van der Waals surface area (Å²) in [6.45, 7) is 1.13. The molecule has 0 fully saturated rings. The van der Waals surface area contributed by atoms with Gasteiger partial charge in [0.05, 0.1) is 13.2 Å². The molecule has 0 radical (unpaired) electrons. The molecule has 2 N–H and O–H groups in total. The summed E-state index contributed by atoms with van der Waals surface area (Å²) in [5.74, 6) is 1.98. The highest BCUT2D eigenvalue weighted by Crippen LogP contribution is 2.32. The molecule has 2 aromatic rings. The Bertz CT molecular complexity index is 880. The maximum atomic E-state index is 12.2. The van der Waals surface area contributed by atoms with E-state index in [4.69, 9.17) is 14.2 Å². The number of ketones is 1. The third-order valence-electron chi connectivity index (χ3n) is 5.16. The lowest BCUT2D eigenvalue weighted by atomic mass is 10.0. The fourth-order valence-corrected chi connectivity index (χ4v) is 3.35. The van der Waals surface area contributed by atoms with Gasteiger partial charge in [-0.05, 0) is 54.8 Å². The molecule has 1 aliphatic rings. The molecule has 1 atom stereocenters. The Hall–Kier alpha value is -3.06. The predicted octanol–water partition coefficient (Wildman–Crippen LogP) is 3.45. The van der Waals surface area contributed by atoms with Gasteiger partial charge in [-0.1, -0.05) is 12.5 Å². The molecule has 7 heteroatoms. The summed E-state index contributed by atoms with van der Waals surface area (Å²) in [7, 11) is 1.59. The summed E-state index contributed by atoms with van der Waals surface area (Å²) in [6.07, 6.45) is 2.23. The van der Waals surface area contributed by atoms with Crippen LogP contribution in [0.4, 0.5) is 0 Å². The van der Waals surface area contributed by atoms with Crippen molar-refractivity contribution in [3.63, 3.8) is 0 Å². The van der Waals surface area contributed by atoms with Crippen molar-refractivity contribution in [1.29, 1.82) is 0 Å². The minimum atomic E-state index is -0.818. The maximum absolute atomic E-state index is 12.2. The van der Waals surface area contributed by atoms with Crippen LogP contribution in [0.15, 0.2) is 42.5 Å². The highest BCUT2D eigenvalue weighted by molar-refractivity contribution is 5.96. The molecule has 0 bridgehead atoms. The maximum Gasteiger partial charge on any atom is 0.220 e. The van der Waals surface area contributed by atoms with Gasteiger partial charge >= 0.3 is 0 Å². The van der Waals surface area contributed by atoms with Gasteiger partial charge in [0.15, 0.2) is 17.3 Å². The lowest BCUT2D eigenvalue weighted by Crippen LogP contribution is -2.28. The van der Waals surface area contributed by atoms with E-state index in [-0.39, 0.29) is 18.2 Å². The minimum Gasteiger partial charge on any atom is -0.497 e. The molecule has 166 valence electrons. The van der Waals surface area contributed by atoms with Crippen molar-refractivity contribution < 1.29 is 28.9 Å². The molecule has 7 nitrogen and oxygen atoms in total. The zero-order chi connectivity index (χ0) is 22.1. The van der Waals surface area contributed by atoms with Crippen molar-refractivity contribution in [3.05, 3.63) is 53.6 Å². The minimum absolute atomic E-state index is 0.0923. The van der Waals surface area contributed by atoms with Crippen LogP contribution in [0.1, 0.15) is 54.1 Å². The van der Waals surface area contributed by atoms with E-state index in [1.165, 1.54) is 0 Å². The first-order chi connectivity index (χ1) is 15.1. The smallest absolute Gasteiger partial charge is 0.220 e. The van der Waals surface area contributed by atoms with Crippen LogP contribution in [0.5, 0.6) is 17.2 Å². The van der Waals surface area contributed by atoms with Crippen molar-refractivity contribution in [1.82, 2.24) is 5.32 Å². The Morgan fingerprint density at radius 1 is 1.00 bits per heavy atom. The normalized spacial score (nSPS) is 13.4. The number of carbonyl (C=O) groups excluding carboxylic acids is 2. The monoisotopic (exact) mass is 427 g/mol. The molecular weight excluding hydrogens is 398 g/mol. The summed E-state index contributed by atoms with van der Waals surface area (Å²) in [5, 5.41) is 13.1. The van der Waals surface area contributed by atoms with E-state index in [1.54, 1.807) is 49.6 Å². The molecule has 3 rings (SSSR count). The fraction of sp³-hybridized carbons (Fsp3) is 0.417. The van der Waals surface area contributed by atoms with Gasteiger partial charge in [0.1, 0.15) is 19.0 Å². The molecule has 1 aliphatic heterocycles. The Kier molecular flexibility index (Phi) is 8.29. The molecule has 0 aliphatic carbocycles. The van der Waals surface area contributed by atoms with E-state index in [2.05, 4.69) is 5.32 Å². The van der Waals surface area contributed by atoms with Gasteiger partial charge in [-0.15, -0.1) is 0 Å². The molecule has 31 heavy (non-hydrogen) atoms. The van der Waals surface area contributed by atoms with Crippen molar-refractivity contribution >= 4 is 11.7 Å². The first kappa shape index (κ1) is 22.6. The molecule has 0 spiro atoms. The number of carbonyl (C=O) groups is 2. The lowest BCUT2D eigenvalue weighted by molar-refractivity contribution is -0.121. The quantitative estimate of drug-likeness (QED) is 0.421. The van der Waals surface area contributed by atoms with E-state index in [1.807, 2.05) is 0 Å². The topological polar surface area (TPSA) is 94.1 Å². The summed E-state index contributed by atoms with van der Waals surface area (Å²) >= 11 is 0. The third-order valence-corrected chi connectivity index (χ3v) is 5.16. The zero-order valence-electron chi connectivity index (χ0n) is 17.8. The van der Waals surface area contributed by atoms with Crippen LogP contribution in [-0.2, 0) is 4.79 Å². The third kappa shape index (κ3) is 6.72. The van der Waals surface area contributed by atoms with Crippen LogP contribution in [0.2, 0.25) is 0 Å². The number of unbranched alkanes of at least 4 members (excludes halogenated alkanes) is 2. The van der Waals surface area contributed by atoms with Crippen LogP contribution in [0.25, 0.3) is 0 Å². The lowest BCUT2D eigenvalue weighted by Gasteiger charge is -2.20. The van der Waals surface area contributed by atoms with Gasteiger partial charge in [-0.3, -0.25) is 9.59 Å². The molecular formula is C24H29NO6. The fourth-order valence-electron chi connectivity index (χ4n) is 3.35. The second kappa shape index (κ2) is 11.4. The number of amides is 1. The first-order valence-corrected chi connectivity index (χ1v) is 10.6. The Balaban J connectivity index is 1.30. The number of benzene rings is 2. The number of Topliss-reactive ketones (excluding diaryl/α,β-unsaturated/α-hetero) is 1. The number of fused-ring (bicyclic) bond motifs is 1. The predicted molar refractivity (Wildman–Crippen MR) is 116 cm³/mol. The van der Waals surface area contributed by atoms with Crippen molar-refractivity contribution in [2.75, 3.05) is 26.9 Å². The Labute approximate surface area is 182 Å². The van der Waals surface area contributed by atoms with E-state index >= 15 is 0 Å². The molecule has 0 unspecified atom stereocenters. The standard InChI is InChI=1S/C24H29NO6/c1-29-19-10-7-17(8-11-19)20(26)5-3-2-4-6-24(28)25-16-21(27)18-9-12-22-23(15-18)31-14-13-30-22/h7-12,15,21,27H,2-6,13-14,16H2,1H3,(H,25,28)/t21-/m0/s1. The van der Waals surface area contributed by atoms with Gasteiger partial charge in [-0.2, -0.15) is 0 Å². The number of methoxy groups -OCH3 is 1. The van der Waals surface area contributed by atoms with E-state index in [0.717, 1.165) is 18.6 Å². The second-order valence-corrected chi connectivity index (χ2v) is 7.44. The van der Waals surface area contributed by atoms with Gasteiger partial charge in [0.25, 0.3) is 0 Å². The first-order valence-electron chi connectivity index (χ1n) is 10.6. The van der Waals surface area contributed by atoms with Crippen molar-refractivity contribution in [2.45, 2.75) is 38.2 Å². The summed E-state index contributed by atoms with van der Waals surface area (Å²) in [4.78, 5) is 24.2. The number of ether oxygens (including phenoxy) is 3. The van der Waals surface area contributed by atoms with Crippen LogP contribution in [-0.4, -0.2) is 43.7 Å². The SMILES string of the molecule is COc1ccc(C(=O)CCCCCC(=O)NC[C@H](O)c2ccc3c(c2)OCCO3)cc1. The highest BCUT2D eigenvalue weighted by Gasteiger charge is 2.16.